The van der Waals surface area contributed by atoms with Crippen LogP contribution in [0.5, 0.6) is 0 Å². The maximum atomic E-state index is 3.54. The number of rotatable bonds is 2. The van der Waals surface area contributed by atoms with E-state index in [1.807, 2.05) is 0 Å². The van der Waals surface area contributed by atoms with Crippen LogP contribution in [0.25, 0.3) is 0 Å². The number of fused-ring (bicyclic) bond motifs is 1. The summed E-state index contributed by atoms with van der Waals surface area (Å²) in [5, 5.41) is 3.54. The van der Waals surface area contributed by atoms with Gasteiger partial charge in [0.15, 0.2) is 0 Å². The normalized spacial score (nSPS) is 40.4. The fraction of sp³-hybridized carbons (Fsp3) is 1.00. The Labute approximate surface area is 106 Å². The van der Waals surface area contributed by atoms with E-state index in [9.17, 15) is 0 Å². The first-order valence-electron chi connectivity index (χ1n) is 7.54. The van der Waals surface area contributed by atoms with Crippen LogP contribution in [0.3, 0.4) is 0 Å². The summed E-state index contributed by atoms with van der Waals surface area (Å²) in [7, 11) is 2.14. The monoisotopic (exact) mass is 237 g/mol. The molecule has 3 fully saturated rings. The van der Waals surface area contributed by atoms with E-state index in [-0.39, 0.29) is 0 Å². The summed E-state index contributed by atoms with van der Waals surface area (Å²) in [5.41, 5.74) is 0. The van der Waals surface area contributed by atoms with E-state index in [1.54, 1.807) is 0 Å². The molecule has 1 N–H and O–H groups in total. The highest BCUT2D eigenvalue weighted by molar-refractivity contribution is 4.94. The lowest BCUT2D eigenvalue weighted by atomic mass is 10.1. The smallest absolute Gasteiger partial charge is 0.0249 e. The van der Waals surface area contributed by atoms with Crippen molar-refractivity contribution in [3.8, 4) is 0 Å². The molecule has 0 aromatic carbocycles. The quantitative estimate of drug-likeness (QED) is 0.781. The van der Waals surface area contributed by atoms with Gasteiger partial charge in [-0.05, 0) is 58.8 Å². The molecule has 3 rings (SSSR count). The molecule has 2 heterocycles. The zero-order valence-corrected chi connectivity index (χ0v) is 11.2. The molecule has 3 aliphatic rings. The molecule has 0 aromatic rings. The first kappa shape index (κ1) is 11.9. The van der Waals surface area contributed by atoms with Crippen molar-refractivity contribution in [3.05, 3.63) is 0 Å². The Morgan fingerprint density at radius 2 is 1.71 bits per heavy atom. The number of nitrogens with zero attached hydrogens (tertiary/aromatic N) is 2. The standard InChI is InChI=1S/C14H27N3/c1-15-13-6-2-7-14(13)17-10-4-9-16-8-3-5-12(16)11-17/h12-15H,2-11H2,1H3. The third kappa shape index (κ3) is 2.38. The van der Waals surface area contributed by atoms with Gasteiger partial charge in [0.2, 0.25) is 0 Å². The Morgan fingerprint density at radius 1 is 0.882 bits per heavy atom. The highest BCUT2D eigenvalue weighted by Gasteiger charge is 2.35. The Bertz CT molecular complexity index is 256. The predicted octanol–water partition coefficient (Wildman–Crippen LogP) is 1.30. The molecule has 3 atom stereocenters. The summed E-state index contributed by atoms with van der Waals surface area (Å²) in [6.07, 6.45) is 8.46. The lowest BCUT2D eigenvalue weighted by molar-refractivity contribution is 0.157. The molecule has 98 valence electrons. The molecular formula is C14H27N3. The zero-order valence-electron chi connectivity index (χ0n) is 11.2. The van der Waals surface area contributed by atoms with Crippen molar-refractivity contribution in [3.63, 3.8) is 0 Å². The molecule has 3 unspecified atom stereocenters. The summed E-state index contributed by atoms with van der Waals surface area (Å²) < 4.78 is 0. The number of hydrogen-bond donors (Lipinski definition) is 1. The summed E-state index contributed by atoms with van der Waals surface area (Å²) in [4.78, 5) is 5.55. The van der Waals surface area contributed by atoms with Crippen molar-refractivity contribution >= 4 is 0 Å². The molecule has 2 saturated heterocycles. The maximum Gasteiger partial charge on any atom is 0.0249 e. The summed E-state index contributed by atoms with van der Waals surface area (Å²) in [6, 6.07) is 2.44. The van der Waals surface area contributed by atoms with Crippen LogP contribution in [0.1, 0.15) is 38.5 Å². The van der Waals surface area contributed by atoms with Crippen LogP contribution in [-0.4, -0.2) is 61.2 Å². The van der Waals surface area contributed by atoms with Gasteiger partial charge in [0.05, 0.1) is 0 Å². The molecule has 1 saturated carbocycles. The molecule has 2 aliphatic heterocycles. The highest BCUT2D eigenvalue weighted by atomic mass is 15.3. The van der Waals surface area contributed by atoms with E-state index in [4.69, 9.17) is 0 Å². The van der Waals surface area contributed by atoms with E-state index < -0.39 is 0 Å². The third-order valence-corrected chi connectivity index (χ3v) is 5.15. The predicted molar refractivity (Wildman–Crippen MR) is 71.3 cm³/mol. The topological polar surface area (TPSA) is 18.5 Å². The van der Waals surface area contributed by atoms with Gasteiger partial charge in [0.25, 0.3) is 0 Å². The van der Waals surface area contributed by atoms with E-state index in [0.717, 1.165) is 18.1 Å². The molecule has 1 aliphatic carbocycles. The fourth-order valence-corrected chi connectivity index (χ4v) is 4.25. The summed E-state index contributed by atoms with van der Waals surface area (Å²) in [5.74, 6) is 0. The first-order chi connectivity index (χ1) is 8.38. The third-order valence-electron chi connectivity index (χ3n) is 5.15. The second kappa shape index (κ2) is 5.25. The first-order valence-corrected chi connectivity index (χ1v) is 7.54. The van der Waals surface area contributed by atoms with Crippen molar-refractivity contribution < 1.29 is 0 Å². The number of nitrogens with one attached hydrogen (secondary N) is 1. The van der Waals surface area contributed by atoms with Gasteiger partial charge in [-0.25, -0.2) is 0 Å². The molecule has 17 heavy (non-hydrogen) atoms. The largest absolute Gasteiger partial charge is 0.315 e. The SMILES string of the molecule is CNC1CCCC1N1CCCN2CCCC2C1. The average Bonchev–Trinajstić information content (AvgIpc) is 2.94. The minimum absolute atomic E-state index is 0.753. The average molecular weight is 237 g/mol. The molecule has 0 amide bonds. The highest BCUT2D eigenvalue weighted by Crippen LogP contribution is 2.28. The number of hydrogen-bond acceptors (Lipinski definition) is 3. The van der Waals surface area contributed by atoms with Crippen LogP contribution in [0, 0.1) is 0 Å². The molecule has 0 radical (unpaired) electrons. The van der Waals surface area contributed by atoms with Gasteiger partial charge in [-0.3, -0.25) is 9.80 Å². The molecular weight excluding hydrogens is 210 g/mol. The van der Waals surface area contributed by atoms with Gasteiger partial charge in [0.1, 0.15) is 0 Å². The van der Waals surface area contributed by atoms with Gasteiger partial charge < -0.3 is 5.32 Å². The fourth-order valence-electron chi connectivity index (χ4n) is 4.25. The second-order valence-corrected chi connectivity index (χ2v) is 6.07. The van der Waals surface area contributed by atoms with Gasteiger partial charge in [0, 0.05) is 24.7 Å². The van der Waals surface area contributed by atoms with Crippen LogP contribution in [0.2, 0.25) is 0 Å². The van der Waals surface area contributed by atoms with Gasteiger partial charge >= 0.3 is 0 Å². The second-order valence-electron chi connectivity index (χ2n) is 6.07. The van der Waals surface area contributed by atoms with E-state index >= 15 is 0 Å². The van der Waals surface area contributed by atoms with Crippen LogP contribution < -0.4 is 5.32 Å². The number of likely N-dealkylation sites (N-methyl/N-ethyl adjacent to an activating group) is 1. The van der Waals surface area contributed by atoms with Crippen molar-refractivity contribution in [1.29, 1.82) is 0 Å². The van der Waals surface area contributed by atoms with Crippen LogP contribution in [0.15, 0.2) is 0 Å². The van der Waals surface area contributed by atoms with Crippen molar-refractivity contribution in [2.45, 2.75) is 56.7 Å². The minimum Gasteiger partial charge on any atom is -0.315 e. The van der Waals surface area contributed by atoms with Crippen molar-refractivity contribution in [2.75, 3.05) is 33.2 Å². The Hall–Kier alpha value is -0.120. The minimum atomic E-state index is 0.753. The van der Waals surface area contributed by atoms with E-state index in [2.05, 4.69) is 22.2 Å². The van der Waals surface area contributed by atoms with Crippen LogP contribution >= 0.6 is 0 Å². The van der Waals surface area contributed by atoms with Crippen LogP contribution in [0.4, 0.5) is 0 Å². The Kier molecular flexibility index (Phi) is 3.69. The summed E-state index contributed by atoms with van der Waals surface area (Å²) in [6.45, 7) is 5.37. The van der Waals surface area contributed by atoms with Gasteiger partial charge in [-0.15, -0.1) is 0 Å². The summed E-state index contributed by atoms with van der Waals surface area (Å²) >= 11 is 0. The van der Waals surface area contributed by atoms with Gasteiger partial charge in [-0.2, -0.15) is 0 Å². The van der Waals surface area contributed by atoms with E-state index in [0.29, 0.717) is 0 Å². The van der Waals surface area contributed by atoms with Crippen molar-refractivity contribution in [1.82, 2.24) is 15.1 Å². The molecule has 0 spiro atoms. The molecule has 3 heteroatoms. The lowest BCUT2D eigenvalue weighted by Crippen LogP contribution is -2.48. The molecule has 0 bridgehead atoms. The van der Waals surface area contributed by atoms with Crippen LogP contribution in [-0.2, 0) is 0 Å². The Morgan fingerprint density at radius 3 is 2.59 bits per heavy atom. The zero-order chi connectivity index (χ0) is 11.7. The maximum absolute atomic E-state index is 3.54. The molecule has 3 nitrogen and oxygen atoms in total. The lowest BCUT2D eigenvalue weighted by Gasteiger charge is -2.34. The Balaban J connectivity index is 1.66. The van der Waals surface area contributed by atoms with E-state index in [1.165, 1.54) is 64.7 Å². The van der Waals surface area contributed by atoms with Gasteiger partial charge in [-0.1, -0.05) is 6.42 Å². The molecule has 0 aromatic heterocycles. The van der Waals surface area contributed by atoms with Crippen molar-refractivity contribution in [2.24, 2.45) is 0 Å².